The summed E-state index contributed by atoms with van der Waals surface area (Å²) in [6, 6.07) is 14.2. The monoisotopic (exact) mass is 437 g/mol. The topological polar surface area (TPSA) is 107 Å². The number of ketones is 1. The molecule has 0 spiro atoms. The van der Waals surface area contributed by atoms with Crippen molar-refractivity contribution >= 4 is 23.4 Å². The average molecular weight is 438 g/mol. The molecule has 0 aromatic heterocycles. The molecule has 166 valence electrons. The first kappa shape index (κ1) is 27.6. The van der Waals surface area contributed by atoms with Crippen molar-refractivity contribution in [1.29, 1.82) is 0 Å². The number of benzene rings is 2. The van der Waals surface area contributed by atoms with Crippen LogP contribution in [-0.4, -0.2) is 40.0 Å². The lowest BCUT2D eigenvalue weighted by atomic mass is 10.0. The Kier molecular flexibility index (Phi) is 11.3. The Morgan fingerprint density at radius 2 is 1.30 bits per heavy atom. The van der Waals surface area contributed by atoms with Gasteiger partial charge in [0.25, 0.3) is 0 Å². The van der Waals surface area contributed by atoms with E-state index in [1.165, 1.54) is 13.8 Å². The van der Waals surface area contributed by atoms with Crippen LogP contribution < -0.4 is 10.1 Å². The van der Waals surface area contributed by atoms with Crippen LogP contribution in [0.3, 0.4) is 0 Å². The fourth-order valence-corrected chi connectivity index (χ4v) is 2.57. The van der Waals surface area contributed by atoms with Crippen LogP contribution in [0, 0.1) is 0 Å². The van der Waals surface area contributed by atoms with Crippen molar-refractivity contribution in [2.45, 2.75) is 59.2 Å². The van der Waals surface area contributed by atoms with Crippen molar-refractivity contribution in [3.63, 3.8) is 0 Å². The molecule has 6 nitrogen and oxygen atoms in total. The minimum Gasteiger partial charge on any atom is -0.478 e. The first-order valence-corrected chi connectivity index (χ1v) is 9.89. The Hall–Kier alpha value is -2.41. The molecule has 2 aromatic carbocycles. The Labute approximate surface area is 183 Å². The molecule has 0 atom stereocenters. The van der Waals surface area contributed by atoms with Crippen LogP contribution in [0.5, 0.6) is 5.75 Å². The van der Waals surface area contributed by atoms with E-state index >= 15 is 0 Å². The summed E-state index contributed by atoms with van der Waals surface area (Å²) < 4.78 is 5.39. The minimum absolute atomic E-state index is 0. The number of aliphatic carboxylic acids is 1. The van der Waals surface area contributed by atoms with Crippen molar-refractivity contribution in [3.05, 3.63) is 64.7 Å². The van der Waals surface area contributed by atoms with Gasteiger partial charge in [-0.1, -0.05) is 39.3 Å². The van der Waals surface area contributed by atoms with Crippen molar-refractivity contribution in [1.82, 2.24) is 5.32 Å². The fourth-order valence-electron chi connectivity index (χ4n) is 2.45. The van der Waals surface area contributed by atoms with Crippen LogP contribution in [0.25, 0.3) is 0 Å². The Morgan fingerprint density at radius 1 is 0.900 bits per heavy atom. The smallest absolute Gasteiger partial charge is 0.347 e. The van der Waals surface area contributed by atoms with E-state index in [0.29, 0.717) is 34.0 Å². The summed E-state index contributed by atoms with van der Waals surface area (Å²) >= 11 is 5.79. The van der Waals surface area contributed by atoms with E-state index < -0.39 is 11.6 Å². The van der Waals surface area contributed by atoms with Gasteiger partial charge in [-0.05, 0) is 62.4 Å². The van der Waals surface area contributed by atoms with E-state index in [1.807, 2.05) is 0 Å². The molecule has 0 aliphatic carbocycles. The lowest BCUT2D eigenvalue weighted by Gasteiger charge is -2.21. The number of halogens is 1. The van der Waals surface area contributed by atoms with Gasteiger partial charge in [0.05, 0.1) is 0 Å². The van der Waals surface area contributed by atoms with Crippen molar-refractivity contribution in [2.24, 2.45) is 0 Å². The first-order valence-electron chi connectivity index (χ1n) is 9.51. The largest absolute Gasteiger partial charge is 0.478 e. The normalized spacial score (nSPS) is 10.7. The maximum absolute atomic E-state index is 12.3. The maximum Gasteiger partial charge on any atom is 0.347 e. The molecule has 0 saturated carbocycles. The zero-order valence-corrected chi connectivity index (χ0v) is 19.1. The van der Waals surface area contributed by atoms with Crippen LogP contribution in [0.4, 0.5) is 0 Å². The second-order valence-electron chi connectivity index (χ2n) is 7.75. The van der Waals surface area contributed by atoms with Gasteiger partial charge in [-0.15, -0.1) is 0 Å². The van der Waals surface area contributed by atoms with Crippen molar-refractivity contribution in [2.75, 3.05) is 0 Å². The molecule has 0 fully saturated rings. The summed E-state index contributed by atoms with van der Waals surface area (Å²) in [5, 5.41) is 12.9. The van der Waals surface area contributed by atoms with Gasteiger partial charge >= 0.3 is 5.97 Å². The Morgan fingerprint density at radius 3 is 1.63 bits per heavy atom. The number of rotatable bonds is 7. The quantitative estimate of drug-likeness (QED) is 0.625. The highest BCUT2D eigenvalue weighted by Gasteiger charge is 2.29. The lowest BCUT2D eigenvalue weighted by Crippen LogP contribution is -2.37. The molecule has 0 unspecified atom stereocenters. The lowest BCUT2D eigenvalue weighted by molar-refractivity contribution is -0.152. The molecule has 4 N–H and O–H groups in total. The molecule has 0 heterocycles. The average Bonchev–Trinajstić information content (AvgIpc) is 2.61. The first-order chi connectivity index (χ1) is 13.4. The van der Waals surface area contributed by atoms with Gasteiger partial charge in [0.15, 0.2) is 11.4 Å². The van der Waals surface area contributed by atoms with E-state index in [4.69, 9.17) is 21.4 Å². The van der Waals surface area contributed by atoms with E-state index in [9.17, 15) is 9.59 Å². The molecule has 0 radical (unpaired) electrons. The zero-order valence-electron chi connectivity index (χ0n) is 18.3. The number of carbonyl (C=O) groups excluding carboxylic acids is 1. The molecule has 0 aliphatic heterocycles. The maximum atomic E-state index is 12.3. The Bertz CT molecular complexity index is 793. The minimum atomic E-state index is -1.33. The molecule has 30 heavy (non-hydrogen) atoms. The van der Waals surface area contributed by atoms with Gasteiger partial charge in [0, 0.05) is 28.2 Å². The predicted octanol–water partition coefficient (Wildman–Crippen LogP) is 4.38. The summed E-state index contributed by atoms with van der Waals surface area (Å²) in [6.07, 6.45) is 0. The highest BCUT2D eigenvalue weighted by Crippen LogP contribution is 2.21. The highest BCUT2D eigenvalue weighted by molar-refractivity contribution is 6.30. The second-order valence-corrected chi connectivity index (χ2v) is 8.19. The van der Waals surface area contributed by atoms with Gasteiger partial charge in [-0.2, -0.15) is 0 Å². The molecular weight excluding hydrogens is 406 g/mol. The van der Waals surface area contributed by atoms with Crippen LogP contribution in [0.2, 0.25) is 5.02 Å². The van der Waals surface area contributed by atoms with Gasteiger partial charge in [0.2, 0.25) is 0 Å². The summed E-state index contributed by atoms with van der Waals surface area (Å²) in [5.41, 5.74) is -0.312. The van der Waals surface area contributed by atoms with Crippen LogP contribution in [-0.2, 0) is 4.79 Å². The third-order valence-corrected chi connectivity index (χ3v) is 4.03. The van der Waals surface area contributed by atoms with E-state index in [0.717, 1.165) is 0 Å². The molecule has 0 amide bonds. The van der Waals surface area contributed by atoms with Gasteiger partial charge < -0.3 is 20.6 Å². The molecule has 2 rings (SSSR count). The van der Waals surface area contributed by atoms with Crippen LogP contribution in [0.1, 0.15) is 57.5 Å². The van der Waals surface area contributed by atoms with Crippen molar-refractivity contribution < 1.29 is 24.9 Å². The molecule has 0 bridgehead atoms. The predicted molar refractivity (Wildman–Crippen MR) is 121 cm³/mol. The molecule has 0 saturated heterocycles. The van der Waals surface area contributed by atoms with E-state index in [1.54, 1.807) is 48.5 Å². The number of carbonyl (C=O) groups is 2. The van der Waals surface area contributed by atoms with Crippen molar-refractivity contribution in [3.8, 4) is 5.75 Å². The number of carboxylic acid groups (broad SMARTS) is 1. The summed E-state index contributed by atoms with van der Waals surface area (Å²) in [6.45, 7) is 11.5. The van der Waals surface area contributed by atoms with E-state index in [-0.39, 0.29) is 11.3 Å². The molecule has 7 heteroatoms. The SMILES string of the molecule is CC(C)(Oc1ccc(C(=O)c2ccc(Cl)cc2)cc1)C(=O)O.CC(C)NC(C)C.O. The number of carboxylic acids is 1. The van der Waals surface area contributed by atoms with Crippen LogP contribution in [0.15, 0.2) is 48.5 Å². The number of nitrogens with one attached hydrogen (secondary N) is 1. The zero-order chi connectivity index (χ0) is 22.2. The summed E-state index contributed by atoms with van der Waals surface area (Å²) in [7, 11) is 0. The van der Waals surface area contributed by atoms with Gasteiger partial charge in [-0.25, -0.2) is 4.79 Å². The highest BCUT2D eigenvalue weighted by atomic mass is 35.5. The third-order valence-electron chi connectivity index (χ3n) is 3.78. The second kappa shape index (κ2) is 12.3. The van der Waals surface area contributed by atoms with E-state index in [2.05, 4.69) is 33.0 Å². The molecule has 2 aromatic rings. The van der Waals surface area contributed by atoms with Gasteiger partial charge in [0.1, 0.15) is 5.75 Å². The molecule has 0 aliphatic rings. The number of hydrogen-bond donors (Lipinski definition) is 2. The summed E-state index contributed by atoms with van der Waals surface area (Å²) in [4.78, 5) is 23.3. The van der Waals surface area contributed by atoms with Crippen LogP contribution >= 0.6 is 11.6 Å². The summed E-state index contributed by atoms with van der Waals surface area (Å²) in [5.74, 6) is -0.811. The van der Waals surface area contributed by atoms with Gasteiger partial charge in [-0.3, -0.25) is 4.79 Å². The molecular formula is C23H32ClNO5. The standard InChI is InChI=1S/C17H15ClO4.C6H15N.H2O/c1-17(2,16(20)21)22-14-9-5-12(6-10-14)15(19)11-3-7-13(18)8-4-11;1-5(2)7-6(3)4;/h3-10H,1-2H3,(H,20,21);5-7H,1-4H3;1H2. The number of ether oxygens (including phenoxy) is 1. The fraction of sp³-hybridized carbons (Fsp3) is 0.391. The Balaban J connectivity index is 0.000000909. The third kappa shape index (κ3) is 9.39. The number of hydrogen-bond acceptors (Lipinski definition) is 4.